The molecule has 0 radical (unpaired) electrons. The van der Waals surface area contributed by atoms with E-state index in [0.29, 0.717) is 11.5 Å². The van der Waals surface area contributed by atoms with Gasteiger partial charge in [-0.2, -0.15) is 0 Å². The third-order valence-electron chi connectivity index (χ3n) is 2.98. The number of ether oxygens (including phenoxy) is 1. The Kier molecular flexibility index (Phi) is 3.78. The molecular weight excluding hydrogens is 264 g/mol. The molecule has 3 aromatic rings. The van der Waals surface area contributed by atoms with Crippen LogP contribution in [0.5, 0.6) is 5.75 Å². The Morgan fingerprint density at radius 3 is 2.33 bits per heavy atom. The highest BCUT2D eigenvalue weighted by molar-refractivity contribution is 5.58. The first-order valence-electron chi connectivity index (χ1n) is 6.65. The zero-order chi connectivity index (χ0) is 14.5. The molecule has 0 atom stereocenters. The van der Waals surface area contributed by atoms with Crippen molar-refractivity contribution in [2.45, 2.75) is 6.61 Å². The summed E-state index contributed by atoms with van der Waals surface area (Å²) in [5, 5.41) is 0. The van der Waals surface area contributed by atoms with Gasteiger partial charge in [0, 0.05) is 11.6 Å². The van der Waals surface area contributed by atoms with Gasteiger partial charge in [-0.25, -0.2) is 4.98 Å². The lowest BCUT2D eigenvalue weighted by molar-refractivity contribution is 0.295. The molecule has 104 valence electrons. The second-order valence-corrected chi connectivity index (χ2v) is 4.55. The molecule has 0 saturated heterocycles. The molecule has 0 aliphatic heterocycles. The van der Waals surface area contributed by atoms with Crippen molar-refractivity contribution in [3.05, 3.63) is 82.9 Å². The van der Waals surface area contributed by atoms with Crippen LogP contribution in [0.15, 0.2) is 71.5 Å². The number of aromatic nitrogens is 2. The number of hydrogen-bond acceptors (Lipinski definition) is 3. The monoisotopic (exact) mass is 278 g/mol. The summed E-state index contributed by atoms with van der Waals surface area (Å²) in [5.41, 5.74) is 1.37. The van der Waals surface area contributed by atoms with E-state index in [2.05, 4.69) is 9.97 Å². The van der Waals surface area contributed by atoms with E-state index < -0.39 is 0 Å². The molecule has 0 aliphatic carbocycles. The molecule has 0 spiro atoms. The normalized spacial score (nSPS) is 10.3. The summed E-state index contributed by atoms with van der Waals surface area (Å²) in [4.78, 5) is 18.9. The average Bonchev–Trinajstić information content (AvgIpc) is 2.54. The van der Waals surface area contributed by atoms with Crippen LogP contribution < -0.4 is 10.3 Å². The second-order valence-electron chi connectivity index (χ2n) is 4.55. The van der Waals surface area contributed by atoms with Gasteiger partial charge >= 0.3 is 0 Å². The van der Waals surface area contributed by atoms with Gasteiger partial charge in [-0.15, -0.1) is 0 Å². The number of H-pyrrole nitrogens is 1. The number of benzene rings is 2. The zero-order valence-electron chi connectivity index (χ0n) is 11.3. The Labute approximate surface area is 122 Å². The zero-order valence-corrected chi connectivity index (χ0v) is 11.3. The van der Waals surface area contributed by atoms with Crippen molar-refractivity contribution >= 4 is 0 Å². The maximum Gasteiger partial charge on any atom is 0.251 e. The lowest BCUT2D eigenvalue weighted by atomic mass is 10.1. The molecule has 4 heteroatoms. The highest BCUT2D eigenvalue weighted by Crippen LogP contribution is 2.15. The maximum absolute atomic E-state index is 11.7. The third kappa shape index (κ3) is 3.36. The number of nitrogens with one attached hydrogen (secondary N) is 1. The Hall–Kier alpha value is -2.88. The fourth-order valence-corrected chi connectivity index (χ4v) is 2.00. The molecule has 21 heavy (non-hydrogen) atoms. The number of nitrogens with zero attached hydrogens (tertiary/aromatic N) is 1. The fourth-order valence-electron chi connectivity index (χ4n) is 2.00. The van der Waals surface area contributed by atoms with Gasteiger partial charge in [0.05, 0.1) is 5.69 Å². The van der Waals surface area contributed by atoms with Crippen molar-refractivity contribution in [1.82, 2.24) is 9.97 Å². The van der Waals surface area contributed by atoms with Crippen LogP contribution in [0.2, 0.25) is 0 Å². The first kappa shape index (κ1) is 13.1. The summed E-state index contributed by atoms with van der Waals surface area (Å²) >= 11 is 0. The molecule has 4 nitrogen and oxygen atoms in total. The highest BCUT2D eigenvalue weighted by atomic mass is 16.5. The lowest BCUT2D eigenvalue weighted by Gasteiger charge is -2.07. The molecule has 1 heterocycles. The van der Waals surface area contributed by atoms with Crippen molar-refractivity contribution in [2.75, 3.05) is 0 Å². The standard InChI is InChI=1S/C17H14N2O2/c20-17-11-15(13-7-3-1-4-8-13)18-16(19-17)12-21-14-9-5-2-6-10-14/h1-11H,12H2,(H,18,19,20). The number of rotatable bonds is 4. The molecule has 0 unspecified atom stereocenters. The van der Waals surface area contributed by atoms with E-state index in [1.54, 1.807) is 0 Å². The van der Waals surface area contributed by atoms with E-state index in [1.807, 2.05) is 60.7 Å². The summed E-state index contributed by atoms with van der Waals surface area (Å²) in [6.45, 7) is 0.222. The molecule has 1 N–H and O–H groups in total. The number of para-hydroxylation sites is 1. The Morgan fingerprint density at radius 1 is 0.952 bits per heavy atom. The largest absolute Gasteiger partial charge is 0.486 e. The SMILES string of the molecule is O=c1cc(-c2ccccc2)nc(COc2ccccc2)[nH]1. The highest BCUT2D eigenvalue weighted by Gasteiger charge is 2.04. The van der Waals surface area contributed by atoms with Gasteiger partial charge in [0.15, 0.2) is 0 Å². The van der Waals surface area contributed by atoms with Crippen molar-refractivity contribution in [1.29, 1.82) is 0 Å². The molecule has 2 aromatic carbocycles. The van der Waals surface area contributed by atoms with Crippen molar-refractivity contribution < 1.29 is 4.74 Å². The van der Waals surface area contributed by atoms with E-state index >= 15 is 0 Å². The summed E-state index contributed by atoms with van der Waals surface area (Å²) < 4.78 is 5.61. The lowest BCUT2D eigenvalue weighted by Crippen LogP contribution is -2.13. The molecular formula is C17H14N2O2. The van der Waals surface area contributed by atoms with E-state index in [-0.39, 0.29) is 12.2 Å². The smallest absolute Gasteiger partial charge is 0.251 e. The molecule has 0 saturated carbocycles. The van der Waals surface area contributed by atoms with Crippen LogP contribution in [0.1, 0.15) is 5.82 Å². The van der Waals surface area contributed by atoms with Crippen molar-refractivity contribution in [3.63, 3.8) is 0 Å². The minimum Gasteiger partial charge on any atom is -0.486 e. The number of aromatic amines is 1. The van der Waals surface area contributed by atoms with Gasteiger partial charge in [-0.05, 0) is 12.1 Å². The second kappa shape index (κ2) is 6.05. The fraction of sp³-hybridized carbons (Fsp3) is 0.0588. The minimum atomic E-state index is -0.185. The van der Waals surface area contributed by atoms with Gasteiger partial charge in [0.1, 0.15) is 18.2 Å². The van der Waals surface area contributed by atoms with E-state index in [0.717, 1.165) is 11.3 Å². The van der Waals surface area contributed by atoms with Gasteiger partial charge in [0.25, 0.3) is 5.56 Å². The van der Waals surface area contributed by atoms with Crippen LogP contribution in [0, 0.1) is 0 Å². The number of hydrogen-bond donors (Lipinski definition) is 1. The maximum atomic E-state index is 11.7. The topological polar surface area (TPSA) is 55.0 Å². The van der Waals surface area contributed by atoms with Crippen LogP contribution in [-0.4, -0.2) is 9.97 Å². The van der Waals surface area contributed by atoms with E-state index in [1.165, 1.54) is 6.07 Å². The predicted molar refractivity (Wildman–Crippen MR) is 81.1 cm³/mol. The molecule has 1 aromatic heterocycles. The van der Waals surface area contributed by atoms with E-state index in [4.69, 9.17) is 4.74 Å². The van der Waals surface area contributed by atoms with Gasteiger partial charge in [-0.3, -0.25) is 4.79 Å². The van der Waals surface area contributed by atoms with Crippen LogP contribution in [0.4, 0.5) is 0 Å². The third-order valence-corrected chi connectivity index (χ3v) is 2.98. The molecule has 3 rings (SSSR count). The first-order chi connectivity index (χ1) is 10.3. The Balaban J connectivity index is 1.83. The van der Waals surface area contributed by atoms with Crippen molar-refractivity contribution in [3.8, 4) is 17.0 Å². The summed E-state index contributed by atoms with van der Waals surface area (Å²) in [6.07, 6.45) is 0. The van der Waals surface area contributed by atoms with Gasteiger partial charge in [0.2, 0.25) is 0 Å². The van der Waals surface area contributed by atoms with Gasteiger partial charge < -0.3 is 9.72 Å². The van der Waals surface area contributed by atoms with Crippen LogP contribution in [0.3, 0.4) is 0 Å². The Morgan fingerprint density at radius 2 is 1.62 bits per heavy atom. The van der Waals surface area contributed by atoms with Crippen LogP contribution in [-0.2, 0) is 6.61 Å². The molecule has 0 amide bonds. The van der Waals surface area contributed by atoms with E-state index in [9.17, 15) is 4.79 Å². The first-order valence-corrected chi connectivity index (χ1v) is 6.65. The summed E-state index contributed by atoms with van der Waals surface area (Å²) in [6, 6.07) is 20.5. The average molecular weight is 278 g/mol. The predicted octanol–water partition coefficient (Wildman–Crippen LogP) is 3.02. The van der Waals surface area contributed by atoms with Crippen molar-refractivity contribution in [2.24, 2.45) is 0 Å². The summed E-state index contributed by atoms with van der Waals surface area (Å²) in [7, 11) is 0. The minimum absolute atomic E-state index is 0.185. The van der Waals surface area contributed by atoms with Crippen LogP contribution in [0.25, 0.3) is 11.3 Å². The quantitative estimate of drug-likeness (QED) is 0.798. The summed E-state index contributed by atoms with van der Waals surface area (Å²) in [5.74, 6) is 1.25. The molecule has 0 bridgehead atoms. The van der Waals surface area contributed by atoms with Crippen LogP contribution >= 0.6 is 0 Å². The molecule has 0 aliphatic rings. The Bertz CT molecular complexity index is 768. The van der Waals surface area contributed by atoms with Gasteiger partial charge in [-0.1, -0.05) is 48.5 Å². The molecule has 0 fully saturated rings.